The Labute approximate surface area is 167 Å². The van der Waals surface area contributed by atoms with Gasteiger partial charge in [0, 0.05) is 21.8 Å². The van der Waals surface area contributed by atoms with Crippen LogP contribution in [0.4, 0.5) is 10.2 Å². The van der Waals surface area contributed by atoms with Crippen LogP contribution < -0.4 is 14.8 Å². The molecule has 0 fully saturated rings. The Kier molecular flexibility index (Phi) is 4.72. The fourth-order valence-corrected chi connectivity index (χ4v) is 3.43. The first-order valence-electron chi connectivity index (χ1n) is 7.83. The number of amides is 1. The van der Waals surface area contributed by atoms with Crippen molar-refractivity contribution in [1.29, 1.82) is 0 Å². The van der Waals surface area contributed by atoms with Gasteiger partial charge in [-0.15, -0.1) is 0 Å². The summed E-state index contributed by atoms with van der Waals surface area (Å²) < 4.78 is 24.7. The number of nitrogens with zero attached hydrogens (tertiary/aromatic N) is 1. The molecule has 0 radical (unpaired) electrons. The van der Waals surface area contributed by atoms with Gasteiger partial charge in [-0.2, -0.15) is 0 Å². The number of pyridine rings is 1. The number of fused-ring (bicyclic) bond motifs is 1. The number of rotatable bonds is 3. The van der Waals surface area contributed by atoms with E-state index in [9.17, 15) is 9.18 Å². The van der Waals surface area contributed by atoms with Crippen LogP contribution in [-0.2, 0) is 0 Å². The maximum absolute atomic E-state index is 13.1. The molecule has 1 amide bonds. The fourth-order valence-electron chi connectivity index (χ4n) is 2.62. The van der Waals surface area contributed by atoms with Crippen LogP contribution in [0, 0.1) is 5.82 Å². The van der Waals surface area contributed by atoms with Crippen LogP contribution in [0.3, 0.4) is 0 Å². The Balaban J connectivity index is 1.55. The van der Waals surface area contributed by atoms with Crippen molar-refractivity contribution in [1.82, 2.24) is 4.98 Å². The molecule has 0 saturated carbocycles. The molecule has 5 nitrogen and oxygen atoms in total. The molecule has 27 heavy (non-hydrogen) atoms. The van der Waals surface area contributed by atoms with Crippen LogP contribution in [0.25, 0.3) is 11.1 Å². The first-order chi connectivity index (χ1) is 13.0. The standard InChI is InChI=1S/C19H11BrClFN2O3/c20-14-7-17-16(26-9-27-17)6-13(14)10-1-4-18(23-8-10)24-19(25)12-3-2-11(22)5-15(12)21/h1-8H,9H2,(H,23,24,25). The Morgan fingerprint density at radius 1 is 1.15 bits per heavy atom. The van der Waals surface area contributed by atoms with E-state index in [1.165, 1.54) is 12.1 Å². The number of carbonyl (C=O) groups excluding carboxylic acids is 1. The summed E-state index contributed by atoms with van der Waals surface area (Å²) in [7, 11) is 0. The van der Waals surface area contributed by atoms with Crippen molar-refractivity contribution in [3.05, 3.63) is 69.5 Å². The summed E-state index contributed by atoms with van der Waals surface area (Å²) in [6.07, 6.45) is 1.63. The summed E-state index contributed by atoms with van der Waals surface area (Å²) in [5, 5.41) is 2.68. The van der Waals surface area contributed by atoms with Crippen molar-refractivity contribution in [2.45, 2.75) is 0 Å². The number of ether oxygens (including phenoxy) is 2. The third-order valence-electron chi connectivity index (χ3n) is 3.95. The van der Waals surface area contributed by atoms with Crippen LogP contribution in [0.15, 0.2) is 53.1 Å². The van der Waals surface area contributed by atoms with Gasteiger partial charge in [-0.05, 0) is 42.5 Å². The fraction of sp³-hybridized carbons (Fsp3) is 0.0526. The quantitative estimate of drug-likeness (QED) is 0.591. The first-order valence-corrected chi connectivity index (χ1v) is 9.00. The summed E-state index contributed by atoms with van der Waals surface area (Å²) in [6, 6.07) is 10.8. The number of anilines is 1. The van der Waals surface area contributed by atoms with Crippen LogP contribution in [-0.4, -0.2) is 17.7 Å². The van der Waals surface area contributed by atoms with E-state index in [1.807, 2.05) is 18.2 Å². The van der Waals surface area contributed by atoms with E-state index in [-0.39, 0.29) is 17.4 Å². The molecular weight excluding hydrogens is 439 g/mol. The lowest BCUT2D eigenvalue weighted by atomic mass is 10.1. The van der Waals surface area contributed by atoms with Crippen molar-refractivity contribution in [2.24, 2.45) is 0 Å². The van der Waals surface area contributed by atoms with Crippen molar-refractivity contribution >= 4 is 39.3 Å². The van der Waals surface area contributed by atoms with Crippen molar-refractivity contribution in [2.75, 3.05) is 12.1 Å². The van der Waals surface area contributed by atoms with Crippen molar-refractivity contribution in [3.63, 3.8) is 0 Å². The predicted molar refractivity (Wildman–Crippen MR) is 103 cm³/mol. The highest BCUT2D eigenvalue weighted by atomic mass is 79.9. The minimum atomic E-state index is -0.506. The molecule has 0 saturated heterocycles. The second kappa shape index (κ2) is 7.17. The number of carbonyl (C=O) groups is 1. The van der Waals surface area contributed by atoms with E-state index in [0.717, 1.165) is 21.7 Å². The van der Waals surface area contributed by atoms with Gasteiger partial charge in [0.1, 0.15) is 11.6 Å². The van der Waals surface area contributed by atoms with E-state index < -0.39 is 11.7 Å². The second-order valence-corrected chi connectivity index (χ2v) is 6.96. The molecule has 4 rings (SSSR count). The minimum Gasteiger partial charge on any atom is -0.454 e. The minimum absolute atomic E-state index is 0.0356. The molecule has 2 heterocycles. The zero-order valence-electron chi connectivity index (χ0n) is 13.6. The molecule has 0 unspecified atom stereocenters. The topological polar surface area (TPSA) is 60.5 Å². The van der Waals surface area contributed by atoms with Crippen LogP contribution in [0.5, 0.6) is 11.5 Å². The number of hydrogen-bond donors (Lipinski definition) is 1. The molecule has 3 aromatic rings. The second-order valence-electron chi connectivity index (χ2n) is 5.70. The molecule has 136 valence electrons. The Morgan fingerprint density at radius 3 is 2.63 bits per heavy atom. The molecule has 1 aliphatic heterocycles. The summed E-state index contributed by atoms with van der Waals surface area (Å²) >= 11 is 9.42. The molecule has 1 aromatic heterocycles. The van der Waals surface area contributed by atoms with Crippen LogP contribution in [0.2, 0.25) is 5.02 Å². The molecule has 1 N–H and O–H groups in total. The van der Waals surface area contributed by atoms with Gasteiger partial charge >= 0.3 is 0 Å². The predicted octanol–water partition coefficient (Wildman–Crippen LogP) is 5.28. The largest absolute Gasteiger partial charge is 0.454 e. The number of nitrogens with one attached hydrogen (secondary N) is 1. The van der Waals surface area contributed by atoms with E-state index >= 15 is 0 Å². The lowest BCUT2D eigenvalue weighted by Crippen LogP contribution is -2.13. The SMILES string of the molecule is O=C(Nc1ccc(-c2cc3c(cc2Br)OCO3)cn1)c1ccc(F)cc1Cl. The normalized spacial score (nSPS) is 12.1. The van der Waals surface area contributed by atoms with Crippen LogP contribution in [0.1, 0.15) is 10.4 Å². The molecule has 2 aromatic carbocycles. The molecule has 0 spiro atoms. The third kappa shape index (κ3) is 3.61. The highest BCUT2D eigenvalue weighted by molar-refractivity contribution is 9.10. The summed E-state index contributed by atoms with van der Waals surface area (Å²) in [4.78, 5) is 16.5. The summed E-state index contributed by atoms with van der Waals surface area (Å²) in [6.45, 7) is 0.195. The van der Waals surface area contributed by atoms with Crippen LogP contribution >= 0.6 is 27.5 Å². The Hall–Kier alpha value is -2.64. The average Bonchev–Trinajstić information content (AvgIpc) is 3.09. The number of aromatic nitrogens is 1. The lowest BCUT2D eigenvalue weighted by Gasteiger charge is -2.09. The smallest absolute Gasteiger partial charge is 0.258 e. The Bertz CT molecular complexity index is 1040. The molecule has 0 bridgehead atoms. The van der Waals surface area contributed by atoms with E-state index in [2.05, 4.69) is 26.2 Å². The zero-order valence-corrected chi connectivity index (χ0v) is 16.0. The van der Waals surface area contributed by atoms with E-state index in [4.69, 9.17) is 21.1 Å². The monoisotopic (exact) mass is 448 g/mol. The highest BCUT2D eigenvalue weighted by Crippen LogP contribution is 2.41. The first kappa shape index (κ1) is 17.8. The number of halogens is 3. The van der Waals surface area contributed by atoms with E-state index in [1.54, 1.807) is 12.3 Å². The van der Waals surface area contributed by atoms with Gasteiger partial charge in [-0.25, -0.2) is 9.37 Å². The Morgan fingerprint density at radius 2 is 1.93 bits per heavy atom. The number of hydrogen-bond acceptors (Lipinski definition) is 4. The highest BCUT2D eigenvalue weighted by Gasteiger charge is 2.17. The van der Waals surface area contributed by atoms with Crippen molar-refractivity contribution in [3.8, 4) is 22.6 Å². The summed E-state index contributed by atoms with van der Waals surface area (Å²) in [5.41, 5.74) is 1.88. The number of benzene rings is 2. The van der Waals surface area contributed by atoms with Gasteiger partial charge in [0.2, 0.25) is 6.79 Å². The van der Waals surface area contributed by atoms with Gasteiger partial charge < -0.3 is 14.8 Å². The average molecular weight is 450 g/mol. The van der Waals surface area contributed by atoms with E-state index in [0.29, 0.717) is 17.3 Å². The third-order valence-corrected chi connectivity index (χ3v) is 4.92. The zero-order chi connectivity index (χ0) is 19.0. The lowest BCUT2D eigenvalue weighted by molar-refractivity contribution is 0.102. The maximum atomic E-state index is 13.1. The van der Waals surface area contributed by atoms with Gasteiger partial charge in [-0.1, -0.05) is 27.5 Å². The molecule has 1 aliphatic rings. The van der Waals surface area contributed by atoms with Gasteiger partial charge in [-0.3, -0.25) is 4.79 Å². The maximum Gasteiger partial charge on any atom is 0.258 e. The molecule has 0 atom stereocenters. The van der Waals surface area contributed by atoms with Crippen molar-refractivity contribution < 1.29 is 18.7 Å². The van der Waals surface area contributed by atoms with Gasteiger partial charge in [0.25, 0.3) is 5.91 Å². The molecule has 8 heteroatoms. The molecular formula is C19H11BrClFN2O3. The summed E-state index contributed by atoms with van der Waals surface area (Å²) in [5.74, 6) is 0.717. The molecule has 0 aliphatic carbocycles. The van der Waals surface area contributed by atoms with Gasteiger partial charge in [0.15, 0.2) is 11.5 Å². The van der Waals surface area contributed by atoms with Gasteiger partial charge in [0.05, 0.1) is 10.6 Å².